The van der Waals surface area contributed by atoms with Crippen LogP contribution in [0.4, 0.5) is 0 Å². The lowest BCUT2D eigenvalue weighted by Crippen LogP contribution is -2.30. The van der Waals surface area contributed by atoms with Crippen molar-refractivity contribution < 1.29 is 13.2 Å². The van der Waals surface area contributed by atoms with Gasteiger partial charge < -0.3 is 10.2 Å². The number of rotatable bonds is 10. The average molecular weight is 363 g/mol. The Labute approximate surface area is 145 Å². The Morgan fingerprint density at radius 2 is 1.74 bits per heavy atom. The molecule has 0 heterocycles. The second kappa shape index (κ2) is 11.4. The van der Waals surface area contributed by atoms with Crippen molar-refractivity contribution in [2.45, 2.75) is 31.6 Å². The van der Waals surface area contributed by atoms with Crippen LogP contribution >= 0.6 is 12.4 Å². The molecule has 0 aliphatic rings. The molecule has 1 aromatic rings. The molecular weight excluding hydrogens is 336 g/mol. The van der Waals surface area contributed by atoms with E-state index in [-0.39, 0.29) is 35.4 Å². The first kappa shape index (κ1) is 21.9. The van der Waals surface area contributed by atoms with Gasteiger partial charge in [-0.3, -0.25) is 4.79 Å². The fourth-order valence-electron chi connectivity index (χ4n) is 2.13. The van der Waals surface area contributed by atoms with Crippen LogP contribution in [0.2, 0.25) is 0 Å². The van der Waals surface area contributed by atoms with Crippen LogP contribution in [0.25, 0.3) is 0 Å². The molecule has 1 amide bonds. The molecule has 0 atom stereocenters. The van der Waals surface area contributed by atoms with Crippen LogP contribution in [-0.2, 0) is 14.6 Å². The van der Waals surface area contributed by atoms with Gasteiger partial charge in [-0.25, -0.2) is 8.42 Å². The third-order valence-corrected chi connectivity index (χ3v) is 5.30. The molecule has 0 aliphatic heterocycles. The van der Waals surface area contributed by atoms with Crippen molar-refractivity contribution in [3.63, 3.8) is 0 Å². The first-order chi connectivity index (χ1) is 10.5. The predicted molar refractivity (Wildman–Crippen MR) is 95.8 cm³/mol. The first-order valence-electron chi connectivity index (χ1n) is 7.76. The smallest absolute Gasteiger partial charge is 0.221 e. The Hall–Kier alpha value is -1.11. The zero-order valence-corrected chi connectivity index (χ0v) is 15.5. The standard InChI is InChI=1S/C16H26N2O3S.ClH/c1-3-18(4-2)13-8-12-17-16(19)11-14-22(20,21)15-9-6-5-7-10-15;/h5-7,9-10H,3-4,8,11-14H2,1-2H3,(H,17,19);1H. The van der Waals surface area contributed by atoms with Gasteiger partial charge in [0.15, 0.2) is 9.84 Å². The van der Waals surface area contributed by atoms with Crippen molar-refractivity contribution in [1.29, 1.82) is 0 Å². The lowest BCUT2D eigenvalue weighted by molar-refractivity contribution is -0.120. The molecule has 0 aromatic heterocycles. The molecule has 0 saturated heterocycles. The SMILES string of the molecule is CCN(CC)CCCNC(=O)CCS(=O)(=O)c1ccccc1.Cl. The van der Waals surface area contributed by atoms with Gasteiger partial charge in [0.2, 0.25) is 5.91 Å². The van der Waals surface area contributed by atoms with E-state index in [4.69, 9.17) is 0 Å². The summed E-state index contributed by atoms with van der Waals surface area (Å²) in [5, 5.41) is 2.78. The number of hydrogen-bond acceptors (Lipinski definition) is 4. The van der Waals surface area contributed by atoms with Gasteiger partial charge in [0.1, 0.15) is 0 Å². The average Bonchev–Trinajstić information content (AvgIpc) is 2.54. The molecule has 0 spiro atoms. The predicted octanol–water partition coefficient (Wildman–Crippen LogP) is 2.12. The summed E-state index contributed by atoms with van der Waals surface area (Å²) >= 11 is 0. The number of nitrogens with zero attached hydrogens (tertiary/aromatic N) is 1. The van der Waals surface area contributed by atoms with Crippen LogP contribution in [0.5, 0.6) is 0 Å². The summed E-state index contributed by atoms with van der Waals surface area (Å²) in [5.41, 5.74) is 0. The fraction of sp³-hybridized carbons (Fsp3) is 0.562. The number of sulfone groups is 1. The highest BCUT2D eigenvalue weighted by Crippen LogP contribution is 2.10. The highest BCUT2D eigenvalue weighted by atomic mass is 35.5. The van der Waals surface area contributed by atoms with Gasteiger partial charge in [0.25, 0.3) is 0 Å². The molecule has 0 saturated carbocycles. The Morgan fingerprint density at radius 3 is 2.30 bits per heavy atom. The van der Waals surface area contributed by atoms with Crippen LogP contribution in [0.1, 0.15) is 26.7 Å². The highest BCUT2D eigenvalue weighted by molar-refractivity contribution is 7.91. The van der Waals surface area contributed by atoms with Crippen molar-refractivity contribution in [3.8, 4) is 0 Å². The zero-order chi connectivity index (χ0) is 16.4. The maximum Gasteiger partial charge on any atom is 0.221 e. The van der Waals surface area contributed by atoms with Crippen LogP contribution < -0.4 is 5.32 Å². The quantitative estimate of drug-likeness (QED) is 0.647. The molecular formula is C16H27ClN2O3S. The molecule has 0 aliphatic carbocycles. The molecule has 5 nitrogen and oxygen atoms in total. The normalized spacial score (nSPS) is 11.1. The molecule has 23 heavy (non-hydrogen) atoms. The van der Waals surface area contributed by atoms with E-state index in [0.29, 0.717) is 6.54 Å². The van der Waals surface area contributed by atoms with E-state index in [1.54, 1.807) is 30.3 Å². The summed E-state index contributed by atoms with van der Waals surface area (Å²) in [6.45, 7) is 7.74. The van der Waals surface area contributed by atoms with Crippen LogP contribution in [0.15, 0.2) is 35.2 Å². The van der Waals surface area contributed by atoms with Crippen LogP contribution in [0.3, 0.4) is 0 Å². The molecule has 1 rings (SSSR count). The molecule has 0 bridgehead atoms. The summed E-state index contributed by atoms with van der Waals surface area (Å²) in [6, 6.07) is 8.23. The largest absolute Gasteiger partial charge is 0.356 e. The molecule has 0 fully saturated rings. The van der Waals surface area contributed by atoms with Gasteiger partial charge in [-0.1, -0.05) is 32.0 Å². The van der Waals surface area contributed by atoms with Gasteiger partial charge in [0.05, 0.1) is 10.6 Å². The van der Waals surface area contributed by atoms with E-state index in [2.05, 4.69) is 24.1 Å². The van der Waals surface area contributed by atoms with Gasteiger partial charge >= 0.3 is 0 Å². The summed E-state index contributed by atoms with van der Waals surface area (Å²) in [5.74, 6) is -0.363. The second-order valence-corrected chi connectivity index (χ2v) is 7.22. The summed E-state index contributed by atoms with van der Waals surface area (Å²) in [6.07, 6.45) is 0.876. The zero-order valence-electron chi connectivity index (χ0n) is 13.8. The third-order valence-electron chi connectivity index (χ3n) is 3.57. The minimum atomic E-state index is -3.38. The van der Waals surface area contributed by atoms with Crippen LogP contribution in [0, 0.1) is 0 Å². The number of benzene rings is 1. The maximum absolute atomic E-state index is 12.0. The lowest BCUT2D eigenvalue weighted by Gasteiger charge is -2.17. The molecule has 0 unspecified atom stereocenters. The Bertz CT molecular complexity index is 546. The highest BCUT2D eigenvalue weighted by Gasteiger charge is 2.15. The van der Waals surface area contributed by atoms with E-state index < -0.39 is 9.84 Å². The maximum atomic E-state index is 12.0. The van der Waals surface area contributed by atoms with Gasteiger partial charge in [-0.15, -0.1) is 12.4 Å². The first-order valence-corrected chi connectivity index (χ1v) is 9.41. The molecule has 132 valence electrons. The number of nitrogens with one attached hydrogen (secondary N) is 1. The van der Waals surface area contributed by atoms with Crippen molar-refractivity contribution in [2.75, 3.05) is 31.9 Å². The third kappa shape index (κ3) is 8.34. The molecule has 1 aromatic carbocycles. The number of carbonyl (C=O) groups excluding carboxylic acids is 1. The minimum Gasteiger partial charge on any atom is -0.356 e. The molecule has 1 N–H and O–H groups in total. The Morgan fingerprint density at radius 1 is 1.13 bits per heavy atom. The number of carbonyl (C=O) groups is 1. The summed E-state index contributed by atoms with van der Waals surface area (Å²) in [7, 11) is -3.38. The van der Waals surface area contributed by atoms with E-state index in [0.717, 1.165) is 26.1 Å². The topological polar surface area (TPSA) is 66.5 Å². The van der Waals surface area contributed by atoms with Gasteiger partial charge in [-0.05, 0) is 38.2 Å². The van der Waals surface area contributed by atoms with Crippen molar-refractivity contribution in [3.05, 3.63) is 30.3 Å². The van der Waals surface area contributed by atoms with Crippen molar-refractivity contribution in [2.24, 2.45) is 0 Å². The summed E-state index contributed by atoms with van der Waals surface area (Å²) in [4.78, 5) is 14.3. The van der Waals surface area contributed by atoms with E-state index in [9.17, 15) is 13.2 Å². The number of amides is 1. The summed E-state index contributed by atoms with van der Waals surface area (Å²) < 4.78 is 24.1. The number of halogens is 1. The number of hydrogen-bond donors (Lipinski definition) is 1. The molecule has 7 heteroatoms. The Kier molecular flexibility index (Phi) is 10.9. The van der Waals surface area contributed by atoms with Crippen LogP contribution in [-0.4, -0.2) is 51.2 Å². The fourth-order valence-corrected chi connectivity index (χ4v) is 3.39. The van der Waals surface area contributed by atoms with Gasteiger partial charge in [0, 0.05) is 13.0 Å². The Balaban J connectivity index is 0.00000484. The minimum absolute atomic E-state index is 0. The molecule has 0 radical (unpaired) electrons. The lowest BCUT2D eigenvalue weighted by atomic mass is 10.3. The van der Waals surface area contributed by atoms with E-state index >= 15 is 0 Å². The van der Waals surface area contributed by atoms with Gasteiger partial charge in [-0.2, -0.15) is 0 Å². The van der Waals surface area contributed by atoms with E-state index in [1.807, 2.05) is 0 Å². The van der Waals surface area contributed by atoms with E-state index in [1.165, 1.54) is 0 Å². The second-order valence-electron chi connectivity index (χ2n) is 5.11. The monoisotopic (exact) mass is 362 g/mol. The van der Waals surface area contributed by atoms with Crippen molar-refractivity contribution >= 4 is 28.2 Å². The van der Waals surface area contributed by atoms with Crippen molar-refractivity contribution in [1.82, 2.24) is 10.2 Å².